The van der Waals surface area contributed by atoms with Gasteiger partial charge in [-0.25, -0.2) is 4.39 Å². The number of nitrogens with zero attached hydrogens (tertiary/aromatic N) is 3. The van der Waals surface area contributed by atoms with Crippen molar-refractivity contribution < 1.29 is 8.91 Å². The van der Waals surface area contributed by atoms with Gasteiger partial charge in [0.25, 0.3) is 5.89 Å². The molecule has 0 bridgehead atoms. The molecule has 0 amide bonds. The van der Waals surface area contributed by atoms with Gasteiger partial charge in [-0.2, -0.15) is 10.2 Å². The Kier molecular flexibility index (Phi) is 3.38. The van der Waals surface area contributed by atoms with Crippen LogP contribution in [0.2, 0.25) is 5.02 Å². The second kappa shape index (κ2) is 5.35. The normalized spacial score (nSPS) is 10.3. The van der Waals surface area contributed by atoms with E-state index in [1.165, 1.54) is 18.2 Å². The van der Waals surface area contributed by atoms with Crippen LogP contribution in [0.3, 0.4) is 0 Å². The first-order chi connectivity index (χ1) is 10.2. The molecule has 0 aliphatic rings. The first-order valence-corrected chi connectivity index (χ1v) is 6.35. The van der Waals surface area contributed by atoms with Crippen molar-refractivity contribution in [2.24, 2.45) is 0 Å². The molecule has 4 nitrogen and oxygen atoms in total. The fourth-order valence-corrected chi connectivity index (χ4v) is 1.96. The van der Waals surface area contributed by atoms with E-state index in [1.54, 1.807) is 24.3 Å². The van der Waals surface area contributed by atoms with E-state index < -0.39 is 5.82 Å². The Balaban J connectivity index is 1.95. The zero-order chi connectivity index (χ0) is 14.8. The van der Waals surface area contributed by atoms with Crippen molar-refractivity contribution >= 4 is 11.6 Å². The van der Waals surface area contributed by atoms with E-state index in [1.807, 2.05) is 6.07 Å². The summed E-state index contributed by atoms with van der Waals surface area (Å²) in [5.41, 5.74) is 1.80. The average Bonchev–Trinajstić information content (AvgIpc) is 3.00. The summed E-state index contributed by atoms with van der Waals surface area (Å²) in [7, 11) is 0. The highest BCUT2D eigenvalue weighted by atomic mass is 35.5. The van der Waals surface area contributed by atoms with Gasteiger partial charge in [0, 0.05) is 11.1 Å². The highest BCUT2D eigenvalue weighted by Gasteiger charge is 2.12. The van der Waals surface area contributed by atoms with Crippen LogP contribution in [-0.2, 0) is 0 Å². The molecule has 0 unspecified atom stereocenters. The molecule has 0 saturated carbocycles. The third kappa shape index (κ3) is 2.62. The summed E-state index contributed by atoms with van der Waals surface area (Å²) in [6.07, 6.45) is 0. The number of halogens is 2. The monoisotopic (exact) mass is 299 g/mol. The molecule has 0 spiro atoms. The summed E-state index contributed by atoms with van der Waals surface area (Å²) in [4.78, 5) is 4.24. The summed E-state index contributed by atoms with van der Waals surface area (Å²) in [6.45, 7) is 0. The Morgan fingerprint density at radius 3 is 2.48 bits per heavy atom. The molecular formula is C15H7ClFN3O. The van der Waals surface area contributed by atoms with Crippen molar-refractivity contribution in [3.05, 3.63) is 58.9 Å². The molecule has 102 valence electrons. The molecule has 21 heavy (non-hydrogen) atoms. The SMILES string of the molecule is N#Cc1ccc(-c2nc(-c3ccc(F)c(Cl)c3)no2)cc1. The first kappa shape index (κ1) is 13.3. The number of rotatable bonds is 2. The maximum absolute atomic E-state index is 13.1. The Hall–Kier alpha value is -2.71. The molecule has 3 rings (SSSR count). The first-order valence-electron chi connectivity index (χ1n) is 5.97. The predicted octanol–water partition coefficient (Wildman–Crippen LogP) is 4.07. The summed E-state index contributed by atoms with van der Waals surface area (Å²) in [5, 5.41) is 12.6. The number of aromatic nitrogens is 2. The van der Waals surface area contributed by atoms with Crippen LogP contribution in [0.1, 0.15) is 5.56 Å². The molecule has 0 saturated heterocycles. The molecule has 3 aromatic rings. The van der Waals surface area contributed by atoms with Crippen molar-refractivity contribution in [1.82, 2.24) is 10.1 Å². The highest BCUT2D eigenvalue weighted by Crippen LogP contribution is 2.25. The third-order valence-electron chi connectivity index (χ3n) is 2.86. The topological polar surface area (TPSA) is 62.7 Å². The van der Waals surface area contributed by atoms with Crippen LogP contribution in [0.15, 0.2) is 47.0 Å². The molecule has 0 radical (unpaired) electrons. The molecule has 2 aromatic carbocycles. The second-order valence-corrected chi connectivity index (χ2v) is 4.65. The van der Waals surface area contributed by atoms with Gasteiger partial charge in [-0.1, -0.05) is 16.8 Å². The Morgan fingerprint density at radius 2 is 1.81 bits per heavy atom. The van der Waals surface area contributed by atoms with E-state index in [4.69, 9.17) is 21.4 Å². The Bertz CT molecular complexity index is 837. The number of hydrogen-bond acceptors (Lipinski definition) is 4. The quantitative estimate of drug-likeness (QED) is 0.715. The molecule has 0 atom stereocenters. The highest BCUT2D eigenvalue weighted by molar-refractivity contribution is 6.31. The molecule has 0 aliphatic carbocycles. The molecule has 0 fully saturated rings. The van der Waals surface area contributed by atoms with Gasteiger partial charge in [-0.05, 0) is 42.5 Å². The summed E-state index contributed by atoms with van der Waals surface area (Å²) in [5.74, 6) is 0.127. The van der Waals surface area contributed by atoms with Crippen molar-refractivity contribution in [2.75, 3.05) is 0 Å². The van der Waals surface area contributed by atoms with Crippen molar-refractivity contribution in [2.45, 2.75) is 0 Å². The van der Waals surface area contributed by atoms with E-state index >= 15 is 0 Å². The van der Waals surface area contributed by atoms with E-state index in [0.29, 0.717) is 28.4 Å². The average molecular weight is 300 g/mol. The summed E-state index contributed by atoms with van der Waals surface area (Å²) < 4.78 is 18.3. The Labute approximate surface area is 124 Å². The van der Waals surface area contributed by atoms with Crippen molar-refractivity contribution in [1.29, 1.82) is 5.26 Å². The minimum atomic E-state index is -0.503. The molecular weight excluding hydrogens is 293 g/mol. The molecule has 0 N–H and O–H groups in total. The van der Waals surface area contributed by atoms with E-state index in [2.05, 4.69) is 10.1 Å². The van der Waals surface area contributed by atoms with Gasteiger partial charge in [0.15, 0.2) is 0 Å². The van der Waals surface area contributed by atoms with Gasteiger partial charge < -0.3 is 4.52 Å². The van der Waals surface area contributed by atoms with Crippen LogP contribution in [0.4, 0.5) is 4.39 Å². The van der Waals surface area contributed by atoms with Crippen molar-refractivity contribution in [3.8, 4) is 28.9 Å². The molecule has 1 aromatic heterocycles. The lowest BCUT2D eigenvalue weighted by Gasteiger charge is -1.96. The zero-order valence-corrected chi connectivity index (χ0v) is 11.3. The summed E-state index contributed by atoms with van der Waals surface area (Å²) >= 11 is 5.73. The minimum Gasteiger partial charge on any atom is -0.334 e. The fourth-order valence-electron chi connectivity index (χ4n) is 1.78. The van der Waals surface area contributed by atoms with Crippen LogP contribution in [0.25, 0.3) is 22.8 Å². The van der Waals surface area contributed by atoms with E-state index in [-0.39, 0.29) is 5.02 Å². The van der Waals surface area contributed by atoms with E-state index in [9.17, 15) is 4.39 Å². The van der Waals surface area contributed by atoms with Crippen LogP contribution >= 0.6 is 11.6 Å². The predicted molar refractivity (Wildman–Crippen MR) is 74.9 cm³/mol. The van der Waals surface area contributed by atoms with Crippen LogP contribution < -0.4 is 0 Å². The maximum Gasteiger partial charge on any atom is 0.258 e. The van der Waals surface area contributed by atoms with Gasteiger partial charge in [0.05, 0.1) is 16.7 Å². The third-order valence-corrected chi connectivity index (χ3v) is 3.15. The van der Waals surface area contributed by atoms with Crippen molar-refractivity contribution in [3.63, 3.8) is 0 Å². The van der Waals surface area contributed by atoms with Crippen LogP contribution in [-0.4, -0.2) is 10.1 Å². The number of nitriles is 1. The molecule has 1 heterocycles. The van der Waals surface area contributed by atoms with Gasteiger partial charge in [0.1, 0.15) is 5.82 Å². The fraction of sp³-hybridized carbons (Fsp3) is 0. The standard InChI is InChI=1S/C15H7ClFN3O/c16-12-7-11(5-6-13(12)17)14-19-15(21-20-14)10-3-1-9(8-18)2-4-10/h1-7H. The van der Waals surface area contributed by atoms with E-state index in [0.717, 1.165) is 0 Å². The number of benzene rings is 2. The molecule has 6 heteroatoms. The smallest absolute Gasteiger partial charge is 0.258 e. The van der Waals surface area contributed by atoms with Gasteiger partial charge in [-0.15, -0.1) is 0 Å². The van der Waals surface area contributed by atoms with Crippen LogP contribution in [0.5, 0.6) is 0 Å². The zero-order valence-electron chi connectivity index (χ0n) is 10.5. The minimum absolute atomic E-state index is 0.00257. The summed E-state index contributed by atoms with van der Waals surface area (Å²) in [6, 6.07) is 13.0. The largest absolute Gasteiger partial charge is 0.334 e. The lowest BCUT2D eigenvalue weighted by molar-refractivity contribution is 0.432. The van der Waals surface area contributed by atoms with Gasteiger partial charge in [-0.3, -0.25) is 0 Å². The second-order valence-electron chi connectivity index (χ2n) is 4.24. The lowest BCUT2D eigenvalue weighted by Crippen LogP contribution is -1.84. The lowest BCUT2D eigenvalue weighted by atomic mass is 10.1. The molecule has 0 aliphatic heterocycles. The van der Waals surface area contributed by atoms with Gasteiger partial charge in [0.2, 0.25) is 5.82 Å². The van der Waals surface area contributed by atoms with Gasteiger partial charge >= 0.3 is 0 Å². The Morgan fingerprint density at radius 1 is 1.10 bits per heavy atom. The maximum atomic E-state index is 13.1. The van der Waals surface area contributed by atoms with Crippen LogP contribution in [0, 0.1) is 17.1 Å². The number of hydrogen-bond donors (Lipinski definition) is 0.